The summed E-state index contributed by atoms with van der Waals surface area (Å²) in [6, 6.07) is 4.86. The number of hydrogen-bond acceptors (Lipinski definition) is 7. The number of phenolic OH excluding ortho intramolecular Hbond substituents is 1. The van der Waals surface area contributed by atoms with Crippen molar-refractivity contribution < 1.29 is 33.7 Å². The largest absolute Gasteiger partial charge is 0.508 e. The van der Waals surface area contributed by atoms with Crippen molar-refractivity contribution in [2.24, 2.45) is 17.8 Å². The molecule has 0 bridgehead atoms. The van der Waals surface area contributed by atoms with Gasteiger partial charge in [-0.25, -0.2) is 4.79 Å². The Morgan fingerprint density at radius 3 is 2.71 bits per heavy atom. The minimum atomic E-state index is -0.941. The van der Waals surface area contributed by atoms with Gasteiger partial charge in [-0.2, -0.15) is 4.90 Å². The molecule has 4 rings (SSSR count). The van der Waals surface area contributed by atoms with Gasteiger partial charge in [-0.3, -0.25) is 9.59 Å². The Kier molecular flexibility index (Phi) is 7.12. The summed E-state index contributed by atoms with van der Waals surface area (Å²) >= 11 is 6.22. The topological polar surface area (TPSA) is 102 Å². The molecule has 34 heavy (non-hydrogen) atoms. The highest BCUT2D eigenvalue weighted by molar-refractivity contribution is 6.32. The first kappa shape index (κ1) is 24.4. The Balaban J connectivity index is 1.54. The lowest BCUT2D eigenvalue weighted by Crippen LogP contribution is -2.38. The molecule has 2 aliphatic heterocycles. The maximum Gasteiger partial charge on any atom is 0.423 e. The number of methoxy groups -OCH3 is 2. The molecule has 2 fully saturated rings. The summed E-state index contributed by atoms with van der Waals surface area (Å²) in [5.41, 5.74) is 3.89. The van der Waals surface area contributed by atoms with Crippen LogP contribution in [0.3, 0.4) is 0 Å². The van der Waals surface area contributed by atoms with Crippen molar-refractivity contribution >= 4 is 35.6 Å². The molecular weight excluding hydrogens is 462 g/mol. The van der Waals surface area contributed by atoms with Crippen LogP contribution >= 0.6 is 11.6 Å². The van der Waals surface area contributed by atoms with E-state index in [1.54, 1.807) is 19.2 Å². The number of benzene rings is 1. The minimum Gasteiger partial charge on any atom is -0.508 e. The second-order valence-corrected chi connectivity index (χ2v) is 9.38. The molecule has 1 aromatic rings. The van der Waals surface area contributed by atoms with Crippen molar-refractivity contribution in [2.45, 2.75) is 32.3 Å². The third kappa shape index (κ3) is 4.37. The van der Waals surface area contributed by atoms with Crippen molar-refractivity contribution in [3.63, 3.8) is 0 Å². The summed E-state index contributed by atoms with van der Waals surface area (Å²) in [4.78, 5) is 38.6. The molecular formula is C25H28ClNO7. The summed E-state index contributed by atoms with van der Waals surface area (Å²) in [7, 11) is 2.75. The molecule has 4 atom stereocenters. The molecule has 3 amide bonds. The highest BCUT2D eigenvalue weighted by atomic mass is 35.5. The van der Waals surface area contributed by atoms with E-state index in [1.807, 2.05) is 13.0 Å². The Morgan fingerprint density at radius 1 is 1.26 bits per heavy atom. The van der Waals surface area contributed by atoms with Crippen LogP contribution in [0.15, 0.2) is 34.9 Å². The van der Waals surface area contributed by atoms with Crippen molar-refractivity contribution in [3.05, 3.63) is 45.5 Å². The van der Waals surface area contributed by atoms with Crippen LogP contribution < -0.4 is 0 Å². The molecule has 0 spiro atoms. The molecule has 182 valence electrons. The van der Waals surface area contributed by atoms with E-state index in [9.17, 15) is 19.5 Å². The Hall–Kier alpha value is -2.68. The predicted octanol–water partition coefficient (Wildman–Crippen LogP) is 3.96. The van der Waals surface area contributed by atoms with E-state index in [1.165, 1.54) is 6.07 Å². The number of phenols is 1. The zero-order valence-corrected chi connectivity index (χ0v) is 20.1. The van der Waals surface area contributed by atoms with Crippen LogP contribution in [-0.4, -0.2) is 61.5 Å². The fraction of sp³-hybridized carbons (Fsp3) is 0.480. The average Bonchev–Trinajstić information content (AvgIpc) is 3.33. The van der Waals surface area contributed by atoms with Crippen LogP contribution in [0.5, 0.6) is 5.75 Å². The van der Waals surface area contributed by atoms with E-state index in [2.05, 4.69) is 4.74 Å². The van der Waals surface area contributed by atoms with Gasteiger partial charge in [0.2, 0.25) is 11.8 Å². The number of halogens is 1. The lowest BCUT2D eigenvalue weighted by Gasteiger charge is -2.31. The Morgan fingerprint density at radius 2 is 2.03 bits per heavy atom. The quantitative estimate of drug-likeness (QED) is 0.476. The Labute approximate surface area is 203 Å². The summed E-state index contributed by atoms with van der Waals surface area (Å²) < 4.78 is 16.2. The fourth-order valence-corrected chi connectivity index (χ4v) is 5.61. The summed E-state index contributed by atoms with van der Waals surface area (Å²) in [6.45, 7) is 2.66. The fourth-order valence-electron chi connectivity index (χ4n) is 5.38. The molecule has 0 unspecified atom stereocenters. The first-order chi connectivity index (χ1) is 16.3. The monoisotopic (exact) mass is 489 g/mol. The van der Waals surface area contributed by atoms with E-state index >= 15 is 0 Å². The highest BCUT2D eigenvalue weighted by Crippen LogP contribution is 2.50. The van der Waals surface area contributed by atoms with E-state index in [-0.39, 0.29) is 17.8 Å². The molecule has 3 aliphatic rings. The maximum absolute atomic E-state index is 13.0. The number of imide groups is 3. The van der Waals surface area contributed by atoms with Gasteiger partial charge in [-0.15, -0.1) is 0 Å². The van der Waals surface area contributed by atoms with E-state index in [4.69, 9.17) is 21.1 Å². The first-order valence-electron chi connectivity index (χ1n) is 11.2. The molecule has 2 saturated heterocycles. The molecule has 1 aromatic carbocycles. The Bertz CT molecular complexity index is 1080. The van der Waals surface area contributed by atoms with Gasteiger partial charge in [0.25, 0.3) is 0 Å². The third-order valence-electron chi connectivity index (χ3n) is 6.87. The maximum atomic E-state index is 13.0. The second-order valence-electron chi connectivity index (χ2n) is 8.97. The third-order valence-corrected chi connectivity index (χ3v) is 7.20. The number of aromatic hydroxyl groups is 1. The smallest absolute Gasteiger partial charge is 0.423 e. The average molecular weight is 490 g/mol. The molecule has 1 N–H and O–H groups in total. The van der Waals surface area contributed by atoms with Crippen LogP contribution in [0.2, 0.25) is 5.02 Å². The number of rotatable bonds is 6. The lowest BCUT2D eigenvalue weighted by molar-refractivity contribution is -0.137. The highest BCUT2D eigenvalue weighted by Gasteiger charge is 2.58. The van der Waals surface area contributed by atoms with Crippen LogP contribution in [0, 0.1) is 17.8 Å². The van der Waals surface area contributed by atoms with Gasteiger partial charge in [0.1, 0.15) is 5.75 Å². The van der Waals surface area contributed by atoms with Crippen LogP contribution in [0.25, 0.3) is 6.08 Å². The molecule has 8 nitrogen and oxygen atoms in total. The number of likely N-dealkylation sites (tertiary alicyclic amines) is 1. The van der Waals surface area contributed by atoms with Crippen LogP contribution in [0.4, 0.5) is 4.79 Å². The standard InChI is InChI=1S/C25H28ClNO7/c1-13(8-14-5-6-16(28)10-19(14)26)4-7-20-21-15(11-32-2)9-17-22(18(21)12-34-20)24(30)27(23(17)29)25(31)33-3/h5-6,8,10,17-18,20,22,28H,4,7,9,11-12H2,1-3H3/b13-8+/t17-,18+,20-,22-/m1/s1. The normalized spacial score (nSPS) is 26.7. The number of allylic oxidation sites excluding steroid dienone is 1. The summed E-state index contributed by atoms with van der Waals surface area (Å²) in [5, 5.41) is 10.0. The van der Waals surface area contributed by atoms with Gasteiger partial charge >= 0.3 is 6.09 Å². The molecule has 0 radical (unpaired) electrons. The van der Waals surface area contributed by atoms with Crippen LogP contribution in [0.1, 0.15) is 31.7 Å². The molecule has 0 saturated carbocycles. The number of fused-ring (bicyclic) bond motifs is 3. The van der Waals surface area contributed by atoms with Crippen LogP contribution in [-0.2, 0) is 23.8 Å². The van der Waals surface area contributed by atoms with Gasteiger partial charge in [-0.05, 0) is 61.1 Å². The van der Waals surface area contributed by atoms with E-state index in [0.717, 1.165) is 35.8 Å². The molecule has 1 aliphatic carbocycles. The zero-order chi connectivity index (χ0) is 24.6. The number of carbonyl (C=O) groups excluding carboxylic acids is 3. The number of nitrogens with zero attached hydrogens (tertiary/aromatic N) is 1. The molecule has 2 heterocycles. The molecule has 0 aromatic heterocycles. The van der Waals surface area contributed by atoms with Gasteiger partial charge in [0, 0.05) is 13.0 Å². The first-order valence-corrected chi connectivity index (χ1v) is 11.6. The van der Waals surface area contributed by atoms with E-state index < -0.39 is 29.7 Å². The second kappa shape index (κ2) is 9.90. The van der Waals surface area contributed by atoms with Crippen molar-refractivity contribution in [1.82, 2.24) is 4.90 Å². The van der Waals surface area contributed by atoms with Gasteiger partial charge in [0.15, 0.2) is 0 Å². The molecule has 9 heteroatoms. The van der Waals surface area contributed by atoms with Crippen molar-refractivity contribution in [1.29, 1.82) is 0 Å². The number of carbonyl (C=O) groups is 3. The number of ether oxygens (including phenoxy) is 3. The van der Waals surface area contributed by atoms with Gasteiger partial charge in [-0.1, -0.05) is 23.3 Å². The number of hydrogen-bond donors (Lipinski definition) is 1. The van der Waals surface area contributed by atoms with Gasteiger partial charge < -0.3 is 19.3 Å². The van der Waals surface area contributed by atoms with Crippen molar-refractivity contribution in [2.75, 3.05) is 27.4 Å². The van der Waals surface area contributed by atoms with Crippen molar-refractivity contribution in [3.8, 4) is 5.75 Å². The summed E-state index contributed by atoms with van der Waals surface area (Å²) in [6.07, 6.45) is 2.61. The minimum absolute atomic E-state index is 0.115. The van der Waals surface area contributed by atoms with Gasteiger partial charge in [0.05, 0.1) is 43.3 Å². The zero-order valence-electron chi connectivity index (χ0n) is 19.4. The van der Waals surface area contributed by atoms with E-state index in [0.29, 0.717) is 36.0 Å². The lowest BCUT2D eigenvalue weighted by atomic mass is 9.69. The predicted molar refractivity (Wildman–Crippen MR) is 124 cm³/mol. The SMILES string of the molecule is COCC1=C2[C@@H](CC/C(C)=C/c3ccc(O)cc3Cl)OC[C@@H]2[C@@H]2C(=O)N(C(=O)OC)C(=O)[C@@H]2C1. The number of amides is 3. The summed E-state index contributed by atoms with van der Waals surface area (Å²) in [5.74, 6) is -2.41.